The fraction of sp³-hybridized carbons (Fsp3) is 0.250. The van der Waals surface area contributed by atoms with E-state index in [-0.39, 0.29) is 24.3 Å². The van der Waals surface area contributed by atoms with E-state index in [4.69, 9.17) is 16.3 Å². The molecule has 1 fully saturated rings. The molecule has 0 radical (unpaired) electrons. The van der Waals surface area contributed by atoms with Gasteiger partial charge in [-0.05, 0) is 54.6 Å². The van der Waals surface area contributed by atoms with E-state index in [1.165, 1.54) is 11.7 Å². The summed E-state index contributed by atoms with van der Waals surface area (Å²) in [4.78, 5) is 49.3. The Kier molecular flexibility index (Phi) is 6.56. The van der Waals surface area contributed by atoms with Crippen LogP contribution in [0.5, 0.6) is 5.75 Å². The predicted molar refractivity (Wildman–Crippen MR) is 128 cm³/mol. The molecule has 9 nitrogen and oxygen atoms in total. The zero-order chi connectivity index (χ0) is 24.4. The maximum atomic E-state index is 13.2. The number of fused-ring (bicyclic) bond motifs is 1. The Morgan fingerprint density at radius 2 is 1.97 bits per heavy atom. The zero-order valence-corrected chi connectivity index (χ0v) is 19.3. The molecule has 0 saturated carbocycles. The Morgan fingerprint density at radius 3 is 2.68 bits per heavy atom. The fourth-order valence-corrected chi connectivity index (χ4v) is 4.18. The van der Waals surface area contributed by atoms with Crippen molar-refractivity contribution in [2.45, 2.75) is 31.8 Å². The van der Waals surface area contributed by atoms with Crippen LogP contribution in [0.1, 0.15) is 37.4 Å². The largest absolute Gasteiger partial charge is 0.495 e. The van der Waals surface area contributed by atoms with Gasteiger partial charge in [0.2, 0.25) is 11.8 Å². The van der Waals surface area contributed by atoms with Crippen LogP contribution in [0.2, 0.25) is 5.02 Å². The number of aromatic nitrogens is 1. The second kappa shape index (κ2) is 9.56. The molecule has 2 aromatic carbocycles. The molecule has 176 valence electrons. The topological polar surface area (TPSA) is 119 Å². The molecule has 1 aliphatic rings. The first-order valence-corrected chi connectivity index (χ1v) is 11.0. The number of imide groups is 1. The summed E-state index contributed by atoms with van der Waals surface area (Å²) in [5.74, 6) is -0.327. The summed E-state index contributed by atoms with van der Waals surface area (Å²) in [6, 6.07) is 10.4. The minimum atomic E-state index is -0.740. The summed E-state index contributed by atoms with van der Waals surface area (Å²) in [5.41, 5.74) is 0.882. The van der Waals surface area contributed by atoms with Gasteiger partial charge in [-0.25, -0.2) is 4.79 Å². The molecule has 2 atom stereocenters. The van der Waals surface area contributed by atoms with Gasteiger partial charge in [-0.2, -0.15) is 0 Å². The molecule has 2 unspecified atom stereocenters. The molecule has 2 heterocycles. The number of nitrogens with zero attached hydrogens (tertiary/aromatic N) is 1. The third kappa shape index (κ3) is 4.74. The van der Waals surface area contributed by atoms with Gasteiger partial charge >= 0.3 is 6.03 Å². The van der Waals surface area contributed by atoms with Crippen LogP contribution < -0.4 is 26.2 Å². The molecule has 1 aliphatic heterocycles. The van der Waals surface area contributed by atoms with Crippen LogP contribution >= 0.6 is 11.6 Å². The second-order valence-corrected chi connectivity index (χ2v) is 8.42. The smallest absolute Gasteiger partial charge is 0.319 e. The monoisotopic (exact) mass is 482 g/mol. The third-order valence-electron chi connectivity index (χ3n) is 5.76. The molecule has 3 aromatic rings. The van der Waals surface area contributed by atoms with Gasteiger partial charge < -0.3 is 19.9 Å². The number of piperidine rings is 1. The van der Waals surface area contributed by atoms with E-state index in [0.29, 0.717) is 32.8 Å². The Labute approximate surface area is 200 Å². The normalized spacial score (nSPS) is 16.6. The van der Waals surface area contributed by atoms with E-state index in [1.807, 2.05) is 6.07 Å². The number of hydrogen-bond donors (Lipinski definition) is 3. The number of carbonyl (C=O) groups is 3. The minimum Gasteiger partial charge on any atom is -0.495 e. The molecule has 0 spiro atoms. The van der Waals surface area contributed by atoms with E-state index >= 15 is 0 Å². The van der Waals surface area contributed by atoms with Crippen LogP contribution in [0.15, 0.2) is 53.5 Å². The van der Waals surface area contributed by atoms with Crippen molar-refractivity contribution in [3.8, 4) is 5.75 Å². The number of halogens is 1. The van der Waals surface area contributed by atoms with E-state index in [9.17, 15) is 19.2 Å². The van der Waals surface area contributed by atoms with Gasteiger partial charge in [0.1, 0.15) is 11.8 Å². The van der Waals surface area contributed by atoms with E-state index in [2.05, 4.69) is 16.0 Å². The molecule has 3 N–H and O–H groups in total. The van der Waals surface area contributed by atoms with Gasteiger partial charge in [0.25, 0.3) is 5.56 Å². The van der Waals surface area contributed by atoms with Crippen molar-refractivity contribution in [2.75, 3.05) is 12.4 Å². The summed E-state index contributed by atoms with van der Waals surface area (Å²) in [5, 5.41) is 9.32. The van der Waals surface area contributed by atoms with Crippen LogP contribution in [-0.4, -0.2) is 29.5 Å². The highest BCUT2D eigenvalue weighted by Gasteiger charge is 2.28. The summed E-state index contributed by atoms with van der Waals surface area (Å²) >= 11 is 6.10. The van der Waals surface area contributed by atoms with Crippen LogP contribution in [0.25, 0.3) is 10.8 Å². The number of amides is 4. The lowest BCUT2D eigenvalue weighted by Crippen LogP contribution is -2.44. The number of pyridine rings is 1. The van der Waals surface area contributed by atoms with Gasteiger partial charge in [-0.15, -0.1) is 0 Å². The maximum Gasteiger partial charge on any atom is 0.319 e. The van der Waals surface area contributed by atoms with Crippen molar-refractivity contribution < 1.29 is 19.1 Å². The molecule has 4 rings (SSSR count). The quantitative estimate of drug-likeness (QED) is 0.481. The van der Waals surface area contributed by atoms with Crippen molar-refractivity contribution in [1.82, 2.24) is 15.2 Å². The van der Waals surface area contributed by atoms with Gasteiger partial charge in [0.15, 0.2) is 0 Å². The highest BCUT2D eigenvalue weighted by molar-refractivity contribution is 6.32. The molecule has 1 aromatic heterocycles. The van der Waals surface area contributed by atoms with Crippen molar-refractivity contribution in [2.24, 2.45) is 0 Å². The molecule has 10 heteroatoms. The summed E-state index contributed by atoms with van der Waals surface area (Å²) in [6.45, 7) is 1.80. The number of methoxy groups -OCH3 is 1. The number of anilines is 1. The summed E-state index contributed by atoms with van der Waals surface area (Å²) in [7, 11) is 1.51. The molecule has 4 amide bonds. The number of hydrogen-bond acceptors (Lipinski definition) is 5. The number of benzene rings is 2. The highest BCUT2D eigenvalue weighted by atomic mass is 35.5. The first-order valence-electron chi connectivity index (χ1n) is 10.7. The number of rotatable bonds is 5. The molecule has 34 heavy (non-hydrogen) atoms. The molecular formula is C24H23ClN4O5. The Morgan fingerprint density at radius 1 is 1.18 bits per heavy atom. The zero-order valence-electron chi connectivity index (χ0n) is 18.6. The van der Waals surface area contributed by atoms with Crippen molar-refractivity contribution >= 4 is 45.9 Å². The lowest BCUT2D eigenvalue weighted by Gasteiger charge is -2.23. The SMILES string of the molecule is COc1ccc(NC(=O)NC(C)c2ccc3ccn(C4CCC(=O)NC4=O)c(=O)c3c2)cc1Cl. The predicted octanol–water partition coefficient (Wildman–Crippen LogP) is 3.52. The first kappa shape index (κ1) is 23.3. The Hall–Kier alpha value is -3.85. The van der Waals surface area contributed by atoms with E-state index < -0.39 is 24.0 Å². The average Bonchev–Trinajstić information content (AvgIpc) is 2.80. The molecule has 0 aliphatic carbocycles. The van der Waals surface area contributed by atoms with E-state index in [0.717, 1.165) is 0 Å². The third-order valence-corrected chi connectivity index (χ3v) is 6.06. The number of ether oxygens (including phenoxy) is 1. The minimum absolute atomic E-state index is 0.177. The number of nitrogens with one attached hydrogen (secondary N) is 3. The average molecular weight is 483 g/mol. The van der Waals surface area contributed by atoms with Crippen molar-refractivity contribution in [3.63, 3.8) is 0 Å². The van der Waals surface area contributed by atoms with E-state index in [1.54, 1.807) is 49.5 Å². The highest BCUT2D eigenvalue weighted by Crippen LogP contribution is 2.27. The standard InChI is InChI=1S/C24H23ClN4O5/c1-13(26-24(33)27-16-5-7-20(34-2)18(25)12-16)15-4-3-14-9-10-29(23(32)17(14)11-15)19-6-8-21(30)28-22(19)31/h3-5,7,9-13,19H,6,8H2,1-2H3,(H2,26,27,33)(H,28,30,31). The lowest BCUT2D eigenvalue weighted by atomic mass is 10.0. The van der Waals surface area contributed by atoms with Crippen LogP contribution in [0.3, 0.4) is 0 Å². The van der Waals surface area contributed by atoms with Crippen LogP contribution in [0, 0.1) is 0 Å². The van der Waals surface area contributed by atoms with Crippen molar-refractivity contribution in [1.29, 1.82) is 0 Å². The van der Waals surface area contributed by atoms with Gasteiger partial charge in [-0.1, -0.05) is 23.7 Å². The maximum absolute atomic E-state index is 13.2. The lowest BCUT2D eigenvalue weighted by molar-refractivity contribution is -0.135. The molecule has 0 bridgehead atoms. The number of urea groups is 1. The van der Waals surface area contributed by atoms with Crippen LogP contribution in [-0.2, 0) is 9.59 Å². The Bertz CT molecular complexity index is 1350. The first-order chi connectivity index (χ1) is 16.3. The summed E-state index contributed by atoms with van der Waals surface area (Å²) < 4.78 is 6.46. The van der Waals surface area contributed by atoms with Crippen LogP contribution in [0.4, 0.5) is 10.5 Å². The summed E-state index contributed by atoms with van der Waals surface area (Å²) in [6.07, 6.45) is 2.01. The van der Waals surface area contributed by atoms with Gasteiger partial charge in [0.05, 0.1) is 18.2 Å². The molecular weight excluding hydrogens is 460 g/mol. The van der Waals surface area contributed by atoms with Gasteiger partial charge in [0, 0.05) is 23.7 Å². The molecule has 1 saturated heterocycles. The number of carbonyl (C=O) groups excluding carboxylic acids is 3. The fourth-order valence-electron chi connectivity index (χ4n) is 3.93. The second-order valence-electron chi connectivity index (χ2n) is 8.01. The van der Waals surface area contributed by atoms with Gasteiger partial charge in [-0.3, -0.25) is 19.7 Å². The Balaban J connectivity index is 1.53. The van der Waals surface area contributed by atoms with Crippen molar-refractivity contribution in [3.05, 3.63) is 69.6 Å².